The SMILES string of the molecule is CO.CO.CO.CO.N=C(N)c1ccc(C(c2ccc(C(=N)N)cc2)(c2ccc(C(=N)N)cc2)c2ccc(C(=N)N)cc2)cc1. The Hall–Kier alpha value is -5.40. The van der Waals surface area contributed by atoms with Gasteiger partial charge in [-0.1, -0.05) is 97.1 Å². The van der Waals surface area contributed by atoms with Gasteiger partial charge in [0.25, 0.3) is 0 Å². The van der Waals surface area contributed by atoms with Gasteiger partial charge in [0.05, 0.1) is 5.41 Å². The fourth-order valence-electron chi connectivity index (χ4n) is 4.60. The number of nitrogens with two attached hydrogens (primary N) is 4. The molecule has 0 bridgehead atoms. The summed E-state index contributed by atoms with van der Waals surface area (Å²) in [7, 11) is 4.00. The number of nitrogen functional groups attached to an aromatic ring is 4. The molecule has 0 saturated carbocycles. The number of hydrogen-bond donors (Lipinski definition) is 12. The van der Waals surface area contributed by atoms with Crippen molar-refractivity contribution in [3.8, 4) is 0 Å². The van der Waals surface area contributed by atoms with Crippen LogP contribution in [0.3, 0.4) is 0 Å². The predicted molar refractivity (Wildman–Crippen MR) is 181 cm³/mol. The minimum Gasteiger partial charge on any atom is -0.400 e. The van der Waals surface area contributed by atoms with Crippen molar-refractivity contribution in [3.63, 3.8) is 0 Å². The van der Waals surface area contributed by atoms with Crippen LogP contribution in [0.5, 0.6) is 0 Å². The molecule has 0 unspecified atom stereocenters. The van der Waals surface area contributed by atoms with E-state index in [1.54, 1.807) is 0 Å². The molecule has 4 aromatic rings. The lowest BCUT2D eigenvalue weighted by molar-refractivity contribution is 0.399. The molecule has 12 nitrogen and oxygen atoms in total. The van der Waals surface area contributed by atoms with E-state index in [-0.39, 0.29) is 23.3 Å². The lowest BCUT2D eigenvalue weighted by atomic mass is 9.64. The van der Waals surface area contributed by atoms with Crippen LogP contribution in [0.25, 0.3) is 0 Å². The molecule has 12 heteroatoms. The van der Waals surface area contributed by atoms with Crippen LogP contribution in [-0.4, -0.2) is 72.2 Å². The molecule has 0 amide bonds. The zero-order valence-electron chi connectivity index (χ0n) is 25.8. The van der Waals surface area contributed by atoms with Crippen LogP contribution >= 0.6 is 0 Å². The summed E-state index contributed by atoms with van der Waals surface area (Å²) in [6, 6.07) is 30.0. The Labute approximate surface area is 263 Å². The number of aliphatic hydroxyl groups is 4. The summed E-state index contributed by atoms with van der Waals surface area (Å²) < 4.78 is 0. The number of amidine groups is 4. The Bertz CT molecular complexity index is 1270. The first-order valence-electron chi connectivity index (χ1n) is 13.2. The first-order chi connectivity index (χ1) is 21.6. The van der Waals surface area contributed by atoms with Crippen LogP contribution in [0, 0.1) is 21.6 Å². The minimum absolute atomic E-state index is 0.0282. The fraction of sp³-hybridized carbons (Fsp3) is 0.152. The van der Waals surface area contributed by atoms with Crippen LogP contribution in [0.4, 0.5) is 0 Å². The molecule has 0 aliphatic rings. The summed E-state index contributed by atoms with van der Waals surface area (Å²) in [6.45, 7) is 0. The molecule has 16 N–H and O–H groups in total. The van der Waals surface area contributed by atoms with E-state index in [2.05, 4.69) is 0 Å². The second-order valence-electron chi connectivity index (χ2n) is 8.71. The van der Waals surface area contributed by atoms with Crippen molar-refractivity contribution >= 4 is 23.3 Å². The minimum atomic E-state index is -0.852. The summed E-state index contributed by atoms with van der Waals surface area (Å²) >= 11 is 0. The molecule has 4 aromatic carbocycles. The molecule has 0 fully saturated rings. The normalized spacial score (nSPS) is 10.7. The van der Waals surface area contributed by atoms with Crippen LogP contribution in [-0.2, 0) is 5.41 Å². The molecule has 45 heavy (non-hydrogen) atoms. The highest BCUT2D eigenvalue weighted by molar-refractivity contribution is 5.97. The summed E-state index contributed by atoms with van der Waals surface area (Å²) in [6.07, 6.45) is 0. The molecule has 240 valence electrons. The van der Waals surface area contributed by atoms with Crippen molar-refractivity contribution in [3.05, 3.63) is 142 Å². The Morgan fingerprint density at radius 2 is 0.489 bits per heavy atom. The number of benzene rings is 4. The number of nitrogens with one attached hydrogen (secondary N) is 4. The van der Waals surface area contributed by atoms with Crippen LogP contribution in [0.1, 0.15) is 44.5 Å². The van der Waals surface area contributed by atoms with E-state index in [4.69, 9.17) is 65.0 Å². The number of hydrogen-bond acceptors (Lipinski definition) is 8. The maximum atomic E-state index is 7.83. The first-order valence-corrected chi connectivity index (χ1v) is 13.2. The molecule has 0 aliphatic heterocycles. The summed E-state index contributed by atoms with van der Waals surface area (Å²) in [4.78, 5) is 0. The lowest BCUT2D eigenvalue weighted by Crippen LogP contribution is -2.31. The summed E-state index contributed by atoms with van der Waals surface area (Å²) in [5, 5.41) is 59.3. The molecule has 0 aliphatic carbocycles. The average Bonchev–Trinajstić information content (AvgIpc) is 3.09. The van der Waals surface area contributed by atoms with Crippen molar-refractivity contribution in [1.82, 2.24) is 0 Å². The Kier molecular flexibility index (Phi) is 17.4. The maximum Gasteiger partial charge on any atom is 0.122 e. The first kappa shape index (κ1) is 39.6. The van der Waals surface area contributed by atoms with Gasteiger partial charge < -0.3 is 43.4 Å². The van der Waals surface area contributed by atoms with Gasteiger partial charge in [0.1, 0.15) is 23.3 Å². The molecule has 0 radical (unpaired) electrons. The van der Waals surface area contributed by atoms with Gasteiger partial charge in [0, 0.05) is 50.7 Å². The third-order valence-corrected chi connectivity index (χ3v) is 6.52. The molecular formula is C33H44N8O4. The van der Waals surface area contributed by atoms with Crippen molar-refractivity contribution in [1.29, 1.82) is 21.6 Å². The largest absolute Gasteiger partial charge is 0.400 e. The molecule has 0 atom stereocenters. The van der Waals surface area contributed by atoms with Crippen molar-refractivity contribution < 1.29 is 20.4 Å². The van der Waals surface area contributed by atoms with Gasteiger partial charge in [-0.15, -0.1) is 0 Å². The van der Waals surface area contributed by atoms with Gasteiger partial charge in [-0.05, 0) is 22.3 Å². The smallest absolute Gasteiger partial charge is 0.122 e. The van der Waals surface area contributed by atoms with Crippen LogP contribution in [0.2, 0.25) is 0 Å². The monoisotopic (exact) mass is 616 g/mol. The molecule has 0 spiro atoms. The Morgan fingerprint density at radius 1 is 0.356 bits per heavy atom. The van der Waals surface area contributed by atoms with E-state index >= 15 is 0 Å². The highest BCUT2D eigenvalue weighted by Gasteiger charge is 2.38. The van der Waals surface area contributed by atoms with Gasteiger partial charge >= 0.3 is 0 Å². The quantitative estimate of drug-likeness (QED) is 0.0783. The van der Waals surface area contributed by atoms with E-state index in [1.807, 2.05) is 97.1 Å². The van der Waals surface area contributed by atoms with Crippen LogP contribution < -0.4 is 22.9 Å². The molecular weight excluding hydrogens is 572 g/mol. The van der Waals surface area contributed by atoms with Gasteiger partial charge in [-0.2, -0.15) is 0 Å². The third kappa shape index (κ3) is 9.29. The van der Waals surface area contributed by atoms with E-state index in [9.17, 15) is 0 Å². The average molecular weight is 617 g/mol. The number of rotatable bonds is 8. The third-order valence-electron chi connectivity index (χ3n) is 6.52. The second-order valence-corrected chi connectivity index (χ2v) is 8.71. The molecule has 0 heterocycles. The van der Waals surface area contributed by atoms with Gasteiger partial charge in [0.2, 0.25) is 0 Å². The predicted octanol–water partition coefficient (Wildman–Crippen LogP) is 1.64. The molecule has 0 saturated heterocycles. The zero-order chi connectivity index (χ0) is 34.7. The van der Waals surface area contributed by atoms with Gasteiger partial charge in [0.15, 0.2) is 0 Å². The topological polar surface area (TPSA) is 280 Å². The van der Waals surface area contributed by atoms with Crippen molar-refractivity contribution in [2.24, 2.45) is 22.9 Å². The summed E-state index contributed by atoms with van der Waals surface area (Å²) in [5.41, 5.74) is 28.1. The van der Waals surface area contributed by atoms with Gasteiger partial charge in [-0.25, -0.2) is 0 Å². The standard InChI is InChI=1S/C29H28N8.4CH4O/c30-25(31)17-1-9-21(10-2-17)29(22-11-3-18(4-12-22)26(32)33,23-13-5-19(6-14-23)27(34)35)24-15-7-20(8-16-24)28(36)37;4*1-2/h1-16H,(H3,30,31)(H3,32,33)(H3,34,35)(H3,36,37);4*2H,1H3. The van der Waals surface area contributed by atoms with E-state index in [1.165, 1.54) is 0 Å². The highest BCUT2D eigenvalue weighted by atomic mass is 16.2. The zero-order valence-corrected chi connectivity index (χ0v) is 25.8. The van der Waals surface area contributed by atoms with E-state index < -0.39 is 5.41 Å². The summed E-state index contributed by atoms with van der Waals surface area (Å²) in [5.74, 6) is -0.113. The van der Waals surface area contributed by atoms with Gasteiger partial charge in [-0.3, -0.25) is 21.6 Å². The molecule has 0 aromatic heterocycles. The lowest BCUT2D eigenvalue weighted by Gasteiger charge is -2.37. The Balaban J connectivity index is 0.00000224. The fourth-order valence-corrected chi connectivity index (χ4v) is 4.60. The van der Waals surface area contributed by atoms with Crippen molar-refractivity contribution in [2.75, 3.05) is 28.4 Å². The second kappa shape index (κ2) is 19.7. The van der Waals surface area contributed by atoms with Crippen LogP contribution in [0.15, 0.2) is 97.1 Å². The maximum absolute atomic E-state index is 7.83. The Morgan fingerprint density at radius 3 is 0.600 bits per heavy atom. The van der Waals surface area contributed by atoms with E-state index in [0.717, 1.165) is 50.7 Å². The number of aliphatic hydroxyl groups excluding tert-OH is 4. The van der Waals surface area contributed by atoms with E-state index in [0.29, 0.717) is 22.3 Å². The van der Waals surface area contributed by atoms with Crippen molar-refractivity contribution in [2.45, 2.75) is 5.41 Å². The molecule has 4 rings (SSSR count). The highest BCUT2D eigenvalue weighted by Crippen LogP contribution is 2.45.